The molecule has 0 saturated heterocycles. The molecule has 6 heteroatoms. The summed E-state index contributed by atoms with van der Waals surface area (Å²) in [6.45, 7) is 0.585. The number of ether oxygens (including phenoxy) is 3. The third-order valence-electron chi connectivity index (χ3n) is 4.11. The van der Waals surface area contributed by atoms with Gasteiger partial charge in [0.05, 0.1) is 21.3 Å². The third kappa shape index (κ3) is 5.14. The van der Waals surface area contributed by atoms with Crippen molar-refractivity contribution in [2.75, 3.05) is 28.4 Å². The number of halogens is 1. The number of hydrogen-bond donors (Lipinski definition) is 0. The molecule has 0 aliphatic heterocycles. The van der Waals surface area contributed by atoms with Crippen LogP contribution in [0.25, 0.3) is 0 Å². The predicted octanol–water partition coefficient (Wildman–Crippen LogP) is 4.07. The maximum Gasteiger partial charge on any atom is 0.222 e. The molecule has 0 aromatic heterocycles. The van der Waals surface area contributed by atoms with E-state index in [9.17, 15) is 4.79 Å². The van der Waals surface area contributed by atoms with E-state index in [2.05, 4.69) is 15.9 Å². The monoisotopic (exact) mass is 421 g/mol. The van der Waals surface area contributed by atoms with Crippen LogP contribution in [0.1, 0.15) is 17.5 Å². The molecule has 0 heterocycles. The van der Waals surface area contributed by atoms with Crippen LogP contribution in [0.3, 0.4) is 0 Å². The number of benzene rings is 2. The number of methoxy groups -OCH3 is 3. The van der Waals surface area contributed by atoms with Crippen molar-refractivity contribution in [1.82, 2.24) is 4.90 Å². The largest absolute Gasteiger partial charge is 0.493 e. The first-order valence-corrected chi connectivity index (χ1v) is 9.05. The van der Waals surface area contributed by atoms with Gasteiger partial charge >= 0.3 is 0 Å². The second-order valence-electron chi connectivity index (χ2n) is 5.91. The van der Waals surface area contributed by atoms with Crippen molar-refractivity contribution < 1.29 is 19.0 Å². The minimum atomic E-state index is 0.0849. The highest BCUT2D eigenvalue weighted by molar-refractivity contribution is 9.10. The van der Waals surface area contributed by atoms with Gasteiger partial charge in [0, 0.05) is 24.5 Å². The normalized spacial score (nSPS) is 10.3. The van der Waals surface area contributed by atoms with Gasteiger partial charge in [0.15, 0.2) is 11.5 Å². The van der Waals surface area contributed by atoms with Crippen molar-refractivity contribution >= 4 is 21.8 Å². The number of nitrogens with zero attached hydrogens (tertiary/aromatic N) is 1. The van der Waals surface area contributed by atoms with Crippen LogP contribution in [0.15, 0.2) is 40.9 Å². The molecule has 5 nitrogen and oxygen atoms in total. The second-order valence-corrected chi connectivity index (χ2v) is 6.83. The summed E-state index contributed by atoms with van der Waals surface area (Å²) in [6, 6.07) is 11.7. The van der Waals surface area contributed by atoms with Crippen LogP contribution in [0.5, 0.6) is 17.2 Å². The van der Waals surface area contributed by atoms with E-state index in [1.165, 1.54) is 0 Å². The lowest BCUT2D eigenvalue weighted by Gasteiger charge is -2.18. The van der Waals surface area contributed by atoms with Crippen LogP contribution in [-0.2, 0) is 17.8 Å². The molecular formula is C20H24BrNO4. The molecule has 0 unspecified atom stereocenters. The number of hydrogen-bond acceptors (Lipinski definition) is 4. The molecule has 140 valence electrons. The summed E-state index contributed by atoms with van der Waals surface area (Å²) >= 11 is 3.42. The summed E-state index contributed by atoms with van der Waals surface area (Å²) in [6.07, 6.45) is 1.01. The zero-order chi connectivity index (χ0) is 19.1. The van der Waals surface area contributed by atoms with Gasteiger partial charge in [-0.25, -0.2) is 0 Å². The lowest BCUT2D eigenvalue weighted by atomic mass is 10.1. The molecule has 2 rings (SSSR count). The highest BCUT2D eigenvalue weighted by Crippen LogP contribution is 2.38. The van der Waals surface area contributed by atoms with E-state index in [1.54, 1.807) is 26.2 Å². The van der Waals surface area contributed by atoms with E-state index in [0.717, 1.165) is 15.6 Å². The third-order valence-corrected chi connectivity index (χ3v) is 4.64. The van der Waals surface area contributed by atoms with Gasteiger partial charge in [0.25, 0.3) is 0 Å². The zero-order valence-corrected chi connectivity index (χ0v) is 17.1. The van der Waals surface area contributed by atoms with E-state index in [1.807, 2.05) is 43.4 Å². The van der Waals surface area contributed by atoms with Crippen molar-refractivity contribution in [3.05, 3.63) is 52.0 Å². The van der Waals surface area contributed by atoms with E-state index >= 15 is 0 Å². The van der Waals surface area contributed by atoms with E-state index in [0.29, 0.717) is 36.6 Å². The molecule has 0 aliphatic rings. The van der Waals surface area contributed by atoms with Gasteiger partial charge in [0.1, 0.15) is 0 Å². The fourth-order valence-electron chi connectivity index (χ4n) is 2.67. The van der Waals surface area contributed by atoms with Crippen molar-refractivity contribution in [3.8, 4) is 17.2 Å². The maximum absolute atomic E-state index is 12.4. The molecule has 0 bridgehead atoms. The Morgan fingerprint density at radius 1 is 0.962 bits per heavy atom. The summed E-state index contributed by atoms with van der Waals surface area (Å²) < 4.78 is 17.1. The Hall–Kier alpha value is -2.21. The van der Waals surface area contributed by atoms with Crippen molar-refractivity contribution in [1.29, 1.82) is 0 Å². The summed E-state index contributed by atoms with van der Waals surface area (Å²) in [4.78, 5) is 14.2. The maximum atomic E-state index is 12.4. The fraction of sp³-hybridized carbons (Fsp3) is 0.350. The molecule has 0 N–H and O–H groups in total. The molecule has 2 aromatic carbocycles. The smallest absolute Gasteiger partial charge is 0.222 e. The van der Waals surface area contributed by atoms with Crippen LogP contribution < -0.4 is 14.2 Å². The molecule has 0 spiro atoms. The molecule has 26 heavy (non-hydrogen) atoms. The average Bonchev–Trinajstić information content (AvgIpc) is 2.66. The van der Waals surface area contributed by atoms with E-state index < -0.39 is 0 Å². The van der Waals surface area contributed by atoms with Gasteiger partial charge < -0.3 is 19.1 Å². The Labute approximate surface area is 163 Å². The summed E-state index contributed by atoms with van der Waals surface area (Å²) in [5, 5.41) is 0. The number of amides is 1. The van der Waals surface area contributed by atoms with Gasteiger partial charge in [0.2, 0.25) is 11.7 Å². The molecule has 0 saturated carbocycles. The Bertz CT molecular complexity index is 721. The first kappa shape index (κ1) is 20.1. The van der Waals surface area contributed by atoms with Crippen LogP contribution in [0.2, 0.25) is 0 Å². The average molecular weight is 422 g/mol. The zero-order valence-electron chi connectivity index (χ0n) is 15.5. The van der Waals surface area contributed by atoms with Gasteiger partial charge in [-0.2, -0.15) is 0 Å². The molecule has 0 atom stereocenters. The highest BCUT2D eigenvalue weighted by Gasteiger charge is 2.15. The topological polar surface area (TPSA) is 48.0 Å². The Morgan fingerprint density at radius 3 is 2.04 bits per heavy atom. The Kier molecular flexibility index (Phi) is 7.33. The lowest BCUT2D eigenvalue weighted by Crippen LogP contribution is -2.26. The highest BCUT2D eigenvalue weighted by atomic mass is 79.9. The van der Waals surface area contributed by atoms with E-state index in [-0.39, 0.29) is 5.91 Å². The number of aryl methyl sites for hydroxylation is 1. The number of carbonyl (C=O) groups is 1. The Morgan fingerprint density at radius 2 is 1.54 bits per heavy atom. The minimum Gasteiger partial charge on any atom is -0.493 e. The first-order valence-electron chi connectivity index (χ1n) is 8.25. The van der Waals surface area contributed by atoms with Crippen LogP contribution in [-0.4, -0.2) is 39.2 Å². The molecule has 0 fully saturated rings. The van der Waals surface area contributed by atoms with Crippen molar-refractivity contribution in [2.24, 2.45) is 0 Å². The number of carbonyl (C=O) groups excluding carboxylic acids is 1. The summed E-state index contributed by atoms with van der Waals surface area (Å²) in [5.74, 6) is 1.83. The SMILES string of the molecule is COc1cc(CCC(=O)N(C)Cc2ccc(Br)cc2)cc(OC)c1OC. The van der Waals surface area contributed by atoms with Crippen LogP contribution >= 0.6 is 15.9 Å². The lowest BCUT2D eigenvalue weighted by molar-refractivity contribution is -0.130. The Balaban J connectivity index is 2.00. The number of rotatable bonds is 8. The van der Waals surface area contributed by atoms with Gasteiger partial charge in [-0.15, -0.1) is 0 Å². The van der Waals surface area contributed by atoms with Crippen LogP contribution in [0.4, 0.5) is 0 Å². The van der Waals surface area contributed by atoms with Crippen molar-refractivity contribution in [3.63, 3.8) is 0 Å². The molecule has 0 aliphatic carbocycles. The molecule has 1 amide bonds. The minimum absolute atomic E-state index is 0.0849. The molecule has 0 radical (unpaired) electrons. The molecular weight excluding hydrogens is 398 g/mol. The second kappa shape index (κ2) is 9.48. The van der Waals surface area contributed by atoms with Gasteiger partial charge in [-0.3, -0.25) is 4.79 Å². The van der Waals surface area contributed by atoms with Gasteiger partial charge in [-0.05, 0) is 41.8 Å². The predicted molar refractivity (Wildman–Crippen MR) is 105 cm³/mol. The van der Waals surface area contributed by atoms with Crippen molar-refractivity contribution in [2.45, 2.75) is 19.4 Å². The summed E-state index contributed by atoms with van der Waals surface area (Å²) in [5.41, 5.74) is 2.06. The fourth-order valence-corrected chi connectivity index (χ4v) is 2.94. The summed E-state index contributed by atoms with van der Waals surface area (Å²) in [7, 11) is 6.55. The first-order chi connectivity index (χ1) is 12.5. The van der Waals surface area contributed by atoms with E-state index in [4.69, 9.17) is 14.2 Å². The standard InChI is InChI=1S/C20H24BrNO4/c1-22(13-14-5-8-16(21)9-6-14)19(23)10-7-15-11-17(24-2)20(26-4)18(12-15)25-3/h5-6,8-9,11-12H,7,10,13H2,1-4H3. The van der Waals surface area contributed by atoms with Gasteiger partial charge in [-0.1, -0.05) is 28.1 Å². The quantitative estimate of drug-likeness (QED) is 0.644. The molecule has 2 aromatic rings. The van der Waals surface area contributed by atoms with Crippen LogP contribution in [0, 0.1) is 0 Å².